The molecular weight excluding hydrogens is 198 g/mol. The lowest BCUT2D eigenvalue weighted by Crippen LogP contribution is -2.13. The Morgan fingerprint density at radius 1 is 1.46 bits per heavy atom. The first-order valence-corrected chi connectivity index (χ1v) is 6.59. The lowest BCUT2D eigenvalue weighted by Gasteiger charge is -2.08. The first kappa shape index (κ1) is 11.1. The standard InChI is InChI=1S/C10H17NS2/c1-11(2)7-4-5-9-6-8-13-10(9)12-3/h6,8H,4-5,7H2,1-3H3. The molecule has 0 aliphatic carbocycles. The molecule has 0 saturated heterocycles. The molecule has 3 heteroatoms. The zero-order valence-electron chi connectivity index (χ0n) is 8.54. The van der Waals surface area contributed by atoms with Crippen LogP contribution in [0.3, 0.4) is 0 Å². The predicted molar refractivity (Wildman–Crippen MR) is 63.0 cm³/mol. The second-order valence-corrected chi connectivity index (χ2v) is 5.34. The Hall–Kier alpha value is 0.01000. The Kier molecular flexibility index (Phi) is 4.84. The lowest BCUT2D eigenvalue weighted by atomic mass is 10.2. The van der Waals surface area contributed by atoms with Gasteiger partial charge in [-0.15, -0.1) is 23.1 Å². The highest BCUT2D eigenvalue weighted by atomic mass is 32.2. The van der Waals surface area contributed by atoms with Crippen LogP contribution in [-0.4, -0.2) is 31.8 Å². The molecule has 1 nitrogen and oxygen atoms in total. The maximum atomic E-state index is 2.26. The molecule has 1 heterocycles. The van der Waals surface area contributed by atoms with Gasteiger partial charge in [0.1, 0.15) is 0 Å². The van der Waals surface area contributed by atoms with Crippen LogP contribution in [0.2, 0.25) is 0 Å². The molecule has 0 atom stereocenters. The summed E-state index contributed by atoms with van der Waals surface area (Å²) in [6, 6.07) is 2.26. The van der Waals surface area contributed by atoms with Crippen molar-refractivity contribution in [2.24, 2.45) is 0 Å². The van der Waals surface area contributed by atoms with Gasteiger partial charge in [0.2, 0.25) is 0 Å². The number of thioether (sulfide) groups is 1. The van der Waals surface area contributed by atoms with E-state index in [1.807, 2.05) is 23.1 Å². The molecule has 1 aromatic heterocycles. The smallest absolute Gasteiger partial charge is 0.0627 e. The maximum Gasteiger partial charge on any atom is 0.0627 e. The van der Waals surface area contributed by atoms with E-state index < -0.39 is 0 Å². The Morgan fingerprint density at radius 2 is 2.23 bits per heavy atom. The minimum Gasteiger partial charge on any atom is -0.309 e. The quantitative estimate of drug-likeness (QED) is 0.695. The number of hydrogen-bond acceptors (Lipinski definition) is 3. The van der Waals surface area contributed by atoms with E-state index in [0.29, 0.717) is 0 Å². The summed E-state index contributed by atoms with van der Waals surface area (Å²) in [7, 11) is 4.26. The molecule has 0 radical (unpaired) electrons. The summed E-state index contributed by atoms with van der Waals surface area (Å²) in [5.41, 5.74) is 1.53. The summed E-state index contributed by atoms with van der Waals surface area (Å²) < 4.78 is 1.48. The molecule has 0 spiro atoms. The van der Waals surface area contributed by atoms with E-state index in [1.165, 1.54) is 29.2 Å². The van der Waals surface area contributed by atoms with Crippen LogP contribution >= 0.6 is 23.1 Å². The van der Waals surface area contributed by atoms with E-state index in [9.17, 15) is 0 Å². The third-order valence-electron chi connectivity index (χ3n) is 1.94. The fourth-order valence-electron chi connectivity index (χ4n) is 1.27. The lowest BCUT2D eigenvalue weighted by molar-refractivity contribution is 0.400. The van der Waals surface area contributed by atoms with E-state index in [0.717, 1.165) is 0 Å². The molecule has 0 saturated carbocycles. The number of nitrogens with zero attached hydrogens (tertiary/aromatic N) is 1. The molecule has 0 bridgehead atoms. The Bertz CT molecular complexity index is 243. The molecule has 0 amide bonds. The van der Waals surface area contributed by atoms with E-state index >= 15 is 0 Å². The summed E-state index contributed by atoms with van der Waals surface area (Å²) in [5.74, 6) is 0. The van der Waals surface area contributed by atoms with Gasteiger partial charge < -0.3 is 4.90 Å². The van der Waals surface area contributed by atoms with Crippen molar-refractivity contribution in [1.29, 1.82) is 0 Å². The van der Waals surface area contributed by atoms with Crippen LogP contribution in [0.15, 0.2) is 15.7 Å². The van der Waals surface area contributed by atoms with Crippen molar-refractivity contribution in [2.75, 3.05) is 26.9 Å². The third kappa shape index (κ3) is 3.71. The number of thiophene rings is 1. The molecular formula is C10H17NS2. The van der Waals surface area contributed by atoms with E-state index in [-0.39, 0.29) is 0 Å². The summed E-state index contributed by atoms with van der Waals surface area (Å²) >= 11 is 3.72. The fraction of sp³-hybridized carbons (Fsp3) is 0.600. The normalized spacial score (nSPS) is 11.1. The number of aryl methyl sites for hydroxylation is 1. The van der Waals surface area contributed by atoms with Gasteiger partial charge in [-0.3, -0.25) is 0 Å². The third-order valence-corrected chi connectivity index (χ3v) is 4.11. The second kappa shape index (κ2) is 5.68. The maximum absolute atomic E-state index is 2.26. The zero-order valence-corrected chi connectivity index (χ0v) is 10.2. The molecule has 0 aliphatic heterocycles. The Balaban J connectivity index is 2.36. The highest BCUT2D eigenvalue weighted by Gasteiger charge is 2.02. The van der Waals surface area contributed by atoms with Gasteiger partial charge in [-0.25, -0.2) is 0 Å². The SMILES string of the molecule is CSc1sccc1CCCN(C)C. The van der Waals surface area contributed by atoms with Crippen LogP contribution in [0.25, 0.3) is 0 Å². The van der Waals surface area contributed by atoms with Crippen molar-refractivity contribution in [2.45, 2.75) is 17.1 Å². The highest BCUT2D eigenvalue weighted by Crippen LogP contribution is 2.27. The largest absolute Gasteiger partial charge is 0.309 e. The van der Waals surface area contributed by atoms with Gasteiger partial charge in [0.15, 0.2) is 0 Å². The van der Waals surface area contributed by atoms with Crippen molar-refractivity contribution in [3.8, 4) is 0 Å². The molecule has 0 aromatic carbocycles. The number of hydrogen-bond donors (Lipinski definition) is 0. The average Bonchev–Trinajstić information content (AvgIpc) is 2.51. The zero-order chi connectivity index (χ0) is 9.68. The molecule has 13 heavy (non-hydrogen) atoms. The van der Waals surface area contributed by atoms with Crippen molar-refractivity contribution in [3.05, 3.63) is 17.0 Å². The van der Waals surface area contributed by atoms with Crippen LogP contribution in [0, 0.1) is 0 Å². The van der Waals surface area contributed by atoms with Gasteiger partial charge >= 0.3 is 0 Å². The van der Waals surface area contributed by atoms with Gasteiger partial charge in [-0.2, -0.15) is 0 Å². The van der Waals surface area contributed by atoms with Crippen molar-refractivity contribution in [3.63, 3.8) is 0 Å². The predicted octanol–water partition coefficient (Wildman–Crippen LogP) is 2.96. The van der Waals surface area contributed by atoms with Crippen molar-refractivity contribution in [1.82, 2.24) is 4.90 Å². The number of rotatable bonds is 5. The molecule has 74 valence electrons. The molecule has 0 unspecified atom stereocenters. The molecule has 0 fully saturated rings. The minimum absolute atomic E-state index is 1.18. The minimum atomic E-state index is 1.18. The first-order chi connectivity index (χ1) is 6.24. The van der Waals surface area contributed by atoms with Crippen LogP contribution in [0.5, 0.6) is 0 Å². The van der Waals surface area contributed by atoms with Crippen molar-refractivity contribution < 1.29 is 0 Å². The molecule has 0 aliphatic rings. The van der Waals surface area contributed by atoms with Crippen LogP contribution in [0.1, 0.15) is 12.0 Å². The first-order valence-electron chi connectivity index (χ1n) is 4.49. The summed E-state index contributed by atoms with van der Waals surface area (Å²) in [4.78, 5) is 2.24. The Labute approximate surface area is 89.1 Å². The Morgan fingerprint density at radius 3 is 2.85 bits per heavy atom. The fourth-order valence-corrected chi connectivity index (χ4v) is 2.93. The van der Waals surface area contributed by atoms with Crippen LogP contribution in [0.4, 0.5) is 0 Å². The van der Waals surface area contributed by atoms with Crippen LogP contribution in [-0.2, 0) is 6.42 Å². The monoisotopic (exact) mass is 215 g/mol. The molecule has 1 aromatic rings. The van der Waals surface area contributed by atoms with E-state index in [1.54, 1.807) is 0 Å². The summed E-state index contributed by atoms with van der Waals surface area (Å²) in [5, 5.41) is 2.19. The van der Waals surface area contributed by atoms with Gasteiger partial charge in [0.25, 0.3) is 0 Å². The topological polar surface area (TPSA) is 3.24 Å². The van der Waals surface area contributed by atoms with Gasteiger partial charge in [-0.1, -0.05) is 0 Å². The van der Waals surface area contributed by atoms with Gasteiger partial charge in [0.05, 0.1) is 4.21 Å². The molecule has 1 rings (SSSR count). The van der Waals surface area contributed by atoms with Gasteiger partial charge in [-0.05, 0) is 56.7 Å². The average molecular weight is 215 g/mol. The summed E-state index contributed by atoms with van der Waals surface area (Å²) in [6.45, 7) is 1.18. The van der Waals surface area contributed by atoms with E-state index in [2.05, 4.69) is 36.7 Å². The van der Waals surface area contributed by atoms with E-state index in [4.69, 9.17) is 0 Å². The second-order valence-electron chi connectivity index (χ2n) is 3.34. The highest BCUT2D eigenvalue weighted by molar-refractivity contribution is 8.00. The van der Waals surface area contributed by atoms with Crippen LogP contribution < -0.4 is 0 Å². The van der Waals surface area contributed by atoms with Crippen molar-refractivity contribution >= 4 is 23.1 Å². The summed E-state index contributed by atoms with van der Waals surface area (Å²) in [6.07, 6.45) is 4.64. The van der Waals surface area contributed by atoms with Gasteiger partial charge in [0, 0.05) is 0 Å². The molecule has 0 N–H and O–H groups in total.